The maximum Gasteiger partial charge on any atom is 0.253 e. The highest BCUT2D eigenvalue weighted by atomic mass is 35.5. The second-order valence-electron chi connectivity index (χ2n) is 6.05. The summed E-state index contributed by atoms with van der Waals surface area (Å²) < 4.78 is 0. The first kappa shape index (κ1) is 17.5. The molecule has 0 aromatic heterocycles. The van der Waals surface area contributed by atoms with Gasteiger partial charge < -0.3 is 16.4 Å². The molecule has 0 spiro atoms. The zero-order chi connectivity index (χ0) is 14.9. The van der Waals surface area contributed by atoms with E-state index in [1.54, 1.807) is 24.3 Å². The Morgan fingerprint density at radius 1 is 1.19 bits per heavy atom. The van der Waals surface area contributed by atoms with Crippen molar-refractivity contribution in [3.05, 3.63) is 35.4 Å². The van der Waals surface area contributed by atoms with E-state index in [2.05, 4.69) is 13.8 Å². The highest BCUT2D eigenvalue weighted by Gasteiger charge is 2.35. The van der Waals surface area contributed by atoms with Gasteiger partial charge in [-0.3, -0.25) is 9.59 Å². The van der Waals surface area contributed by atoms with Gasteiger partial charge in [-0.15, -0.1) is 12.4 Å². The van der Waals surface area contributed by atoms with E-state index in [1.807, 2.05) is 4.90 Å². The van der Waals surface area contributed by atoms with E-state index in [4.69, 9.17) is 11.5 Å². The summed E-state index contributed by atoms with van der Waals surface area (Å²) in [7, 11) is 0. The van der Waals surface area contributed by atoms with Crippen LogP contribution in [0.25, 0.3) is 0 Å². The van der Waals surface area contributed by atoms with Crippen molar-refractivity contribution >= 4 is 24.2 Å². The van der Waals surface area contributed by atoms with Crippen molar-refractivity contribution in [1.82, 2.24) is 4.90 Å². The molecule has 0 radical (unpaired) electrons. The molecule has 1 atom stereocenters. The summed E-state index contributed by atoms with van der Waals surface area (Å²) in [4.78, 5) is 25.3. The van der Waals surface area contributed by atoms with Crippen LogP contribution in [0.2, 0.25) is 0 Å². The van der Waals surface area contributed by atoms with Crippen molar-refractivity contribution < 1.29 is 9.59 Å². The SMILES string of the molecule is CC1(C)CN(C(=O)c2ccc(C(N)=O)cc2)CCC1N.Cl. The van der Waals surface area contributed by atoms with Gasteiger partial charge in [0.15, 0.2) is 0 Å². The summed E-state index contributed by atoms with van der Waals surface area (Å²) in [5, 5.41) is 0. The Morgan fingerprint density at radius 2 is 1.71 bits per heavy atom. The van der Waals surface area contributed by atoms with Crippen molar-refractivity contribution in [2.45, 2.75) is 26.3 Å². The number of likely N-dealkylation sites (tertiary alicyclic amines) is 1. The minimum absolute atomic E-state index is 0. The Labute approximate surface area is 131 Å². The van der Waals surface area contributed by atoms with Gasteiger partial charge >= 0.3 is 0 Å². The first-order chi connectivity index (χ1) is 9.31. The largest absolute Gasteiger partial charge is 0.366 e. The van der Waals surface area contributed by atoms with Gasteiger partial charge in [0.2, 0.25) is 5.91 Å². The lowest BCUT2D eigenvalue weighted by Gasteiger charge is -2.42. The molecule has 116 valence electrons. The van der Waals surface area contributed by atoms with Crippen molar-refractivity contribution in [3.8, 4) is 0 Å². The number of halogens is 1. The molecule has 5 nitrogen and oxygen atoms in total. The highest BCUT2D eigenvalue weighted by Crippen LogP contribution is 2.28. The van der Waals surface area contributed by atoms with E-state index >= 15 is 0 Å². The minimum atomic E-state index is -0.492. The Bertz CT molecular complexity index is 528. The molecule has 0 aliphatic carbocycles. The van der Waals surface area contributed by atoms with E-state index in [-0.39, 0.29) is 29.8 Å². The van der Waals surface area contributed by atoms with Crippen LogP contribution in [0, 0.1) is 5.41 Å². The predicted octanol–water partition coefficient (Wildman–Crippen LogP) is 1.41. The smallest absolute Gasteiger partial charge is 0.253 e. The third-order valence-electron chi connectivity index (χ3n) is 4.02. The van der Waals surface area contributed by atoms with Crippen molar-refractivity contribution in [1.29, 1.82) is 0 Å². The van der Waals surface area contributed by atoms with E-state index in [0.29, 0.717) is 24.2 Å². The van der Waals surface area contributed by atoms with Crippen LogP contribution in [-0.4, -0.2) is 35.8 Å². The molecule has 2 rings (SSSR count). The second kappa shape index (κ2) is 6.45. The van der Waals surface area contributed by atoms with E-state index in [9.17, 15) is 9.59 Å². The molecule has 1 saturated heterocycles. The lowest BCUT2D eigenvalue weighted by Crippen LogP contribution is -2.54. The highest BCUT2D eigenvalue weighted by molar-refractivity contribution is 5.97. The molecular formula is C15H22ClN3O2. The standard InChI is InChI=1S/C15H21N3O2.ClH/c1-15(2)9-18(8-7-12(15)16)14(20)11-5-3-10(4-6-11)13(17)19;/h3-6,12H,7-9,16H2,1-2H3,(H2,17,19);1H. The molecular weight excluding hydrogens is 290 g/mol. The number of hydrogen-bond acceptors (Lipinski definition) is 3. The van der Waals surface area contributed by atoms with Crippen molar-refractivity contribution in [2.24, 2.45) is 16.9 Å². The summed E-state index contributed by atoms with van der Waals surface area (Å²) in [5.74, 6) is -0.518. The van der Waals surface area contributed by atoms with Crippen LogP contribution in [0.1, 0.15) is 41.0 Å². The molecule has 1 fully saturated rings. The zero-order valence-corrected chi connectivity index (χ0v) is 13.2. The molecule has 6 heteroatoms. The third kappa shape index (κ3) is 3.74. The number of carbonyl (C=O) groups is 2. The monoisotopic (exact) mass is 311 g/mol. The fraction of sp³-hybridized carbons (Fsp3) is 0.467. The Morgan fingerprint density at radius 3 is 2.19 bits per heavy atom. The first-order valence-corrected chi connectivity index (χ1v) is 6.76. The van der Waals surface area contributed by atoms with Gasteiger partial charge in [-0.05, 0) is 36.1 Å². The van der Waals surface area contributed by atoms with Crippen LogP contribution in [0.3, 0.4) is 0 Å². The number of carbonyl (C=O) groups excluding carboxylic acids is 2. The number of nitrogens with zero attached hydrogens (tertiary/aromatic N) is 1. The average molecular weight is 312 g/mol. The van der Waals surface area contributed by atoms with Crippen molar-refractivity contribution in [2.75, 3.05) is 13.1 Å². The quantitative estimate of drug-likeness (QED) is 0.865. The van der Waals surface area contributed by atoms with Gasteiger partial charge in [0, 0.05) is 30.3 Å². The van der Waals surface area contributed by atoms with Gasteiger partial charge in [0.25, 0.3) is 5.91 Å². The maximum atomic E-state index is 12.4. The Kier molecular flexibility index (Phi) is 5.36. The minimum Gasteiger partial charge on any atom is -0.366 e. The zero-order valence-electron chi connectivity index (χ0n) is 12.3. The van der Waals surface area contributed by atoms with Gasteiger partial charge in [-0.25, -0.2) is 0 Å². The summed E-state index contributed by atoms with van der Waals surface area (Å²) in [6.07, 6.45) is 0.804. The number of hydrogen-bond donors (Lipinski definition) is 2. The van der Waals surface area contributed by atoms with E-state index in [0.717, 1.165) is 6.42 Å². The van der Waals surface area contributed by atoms with Gasteiger partial charge in [0.1, 0.15) is 0 Å². The lowest BCUT2D eigenvalue weighted by molar-refractivity contribution is 0.0533. The van der Waals surface area contributed by atoms with Crippen LogP contribution in [0.15, 0.2) is 24.3 Å². The van der Waals surface area contributed by atoms with Crippen LogP contribution in [0.4, 0.5) is 0 Å². The predicted molar refractivity (Wildman–Crippen MR) is 84.5 cm³/mol. The summed E-state index contributed by atoms with van der Waals surface area (Å²) >= 11 is 0. The molecule has 1 aliphatic rings. The summed E-state index contributed by atoms with van der Waals surface area (Å²) in [6, 6.07) is 6.56. The van der Waals surface area contributed by atoms with Crippen LogP contribution >= 0.6 is 12.4 Å². The molecule has 1 aromatic rings. The Hall–Kier alpha value is -1.59. The number of amides is 2. The lowest BCUT2D eigenvalue weighted by atomic mass is 9.79. The molecule has 1 heterocycles. The molecule has 2 amide bonds. The fourth-order valence-electron chi connectivity index (χ4n) is 2.51. The molecule has 1 aliphatic heterocycles. The number of benzene rings is 1. The third-order valence-corrected chi connectivity index (χ3v) is 4.02. The van der Waals surface area contributed by atoms with Gasteiger partial charge in [-0.2, -0.15) is 0 Å². The topological polar surface area (TPSA) is 89.4 Å². The molecule has 21 heavy (non-hydrogen) atoms. The number of nitrogens with two attached hydrogens (primary N) is 2. The Balaban J connectivity index is 0.00000220. The first-order valence-electron chi connectivity index (χ1n) is 6.76. The normalized spacial score (nSPS) is 20.5. The second-order valence-corrected chi connectivity index (χ2v) is 6.05. The number of rotatable bonds is 2. The van der Waals surface area contributed by atoms with E-state index < -0.39 is 5.91 Å². The molecule has 1 unspecified atom stereocenters. The van der Waals surface area contributed by atoms with Gasteiger partial charge in [-0.1, -0.05) is 13.8 Å². The van der Waals surface area contributed by atoms with Crippen LogP contribution < -0.4 is 11.5 Å². The van der Waals surface area contributed by atoms with Gasteiger partial charge in [0.05, 0.1) is 0 Å². The summed E-state index contributed by atoms with van der Waals surface area (Å²) in [5.41, 5.74) is 12.2. The molecule has 0 saturated carbocycles. The number of primary amides is 1. The maximum absolute atomic E-state index is 12.4. The average Bonchev–Trinajstić information content (AvgIpc) is 2.41. The van der Waals surface area contributed by atoms with E-state index in [1.165, 1.54) is 0 Å². The van der Waals surface area contributed by atoms with Crippen molar-refractivity contribution in [3.63, 3.8) is 0 Å². The number of piperidine rings is 1. The van der Waals surface area contributed by atoms with Crippen LogP contribution in [-0.2, 0) is 0 Å². The summed E-state index contributed by atoms with van der Waals surface area (Å²) in [6.45, 7) is 5.46. The fourth-order valence-corrected chi connectivity index (χ4v) is 2.51. The molecule has 0 bridgehead atoms. The molecule has 1 aromatic carbocycles. The van der Waals surface area contributed by atoms with Crippen LogP contribution in [0.5, 0.6) is 0 Å². The molecule has 4 N–H and O–H groups in total.